The second-order valence-corrected chi connectivity index (χ2v) is 5.08. The molecule has 1 saturated heterocycles. The topological polar surface area (TPSA) is 29.5 Å². The number of carbonyl (C=O) groups excluding carboxylic acids is 1. The Labute approximate surface area is 90.2 Å². The molecule has 0 N–H and O–H groups in total. The Bertz CT molecular complexity index is 187. The van der Waals surface area contributed by atoms with Crippen molar-refractivity contribution in [1.29, 1.82) is 0 Å². The van der Waals surface area contributed by atoms with Gasteiger partial charge in [-0.05, 0) is 6.92 Å². The number of rotatable bonds is 4. The smallest absolute Gasteiger partial charge is 0.307 e. The molecule has 1 rings (SSSR count). The summed E-state index contributed by atoms with van der Waals surface area (Å²) < 4.78 is 4.89. The highest BCUT2D eigenvalue weighted by Gasteiger charge is 2.17. The largest absolute Gasteiger partial charge is 0.466 e. The Morgan fingerprint density at radius 2 is 2.43 bits per heavy atom. The molecule has 1 aliphatic heterocycles. The van der Waals surface area contributed by atoms with Crippen LogP contribution < -0.4 is 0 Å². The maximum absolute atomic E-state index is 11.1. The van der Waals surface area contributed by atoms with Gasteiger partial charge in [-0.1, -0.05) is 6.92 Å². The fourth-order valence-electron chi connectivity index (χ4n) is 1.58. The zero-order valence-corrected chi connectivity index (χ0v) is 9.81. The average Bonchev–Trinajstić information content (AvgIpc) is 2.15. The number of nitrogens with zero attached hydrogens (tertiary/aromatic N) is 1. The summed E-state index contributed by atoms with van der Waals surface area (Å²) in [6, 6.07) is 0. The van der Waals surface area contributed by atoms with Crippen LogP contribution in [0.2, 0.25) is 0 Å². The first-order chi connectivity index (χ1) is 6.72. The Morgan fingerprint density at radius 3 is 3.07 bits per heavy atom. The number of thioether (sulfide) groups is 1. The van der Waals surface area contributed by atoms with Crippen LogP contribution in [0.15, 0.2) is 0 Å². The quantitative estimate of drug-likeness (QED) is 0.665. The van der Waals surface area contributed by atoms with Gasteiger partial charge < -0.3 is 9.64 Å². The van der Waals surface area contributed by atoms with Crippen LogP contribution >= 0.6 is 11.8 Å². The lowest BCUT2D eigenvalue weighted by Gasteiger charge is -2.29. The molecule has 0 amide bonds. The fourth-order valence-corrected chi connectivity index (χ4v) is 2.66. The van der Waals surface area contributed by atoms with Crippen molar-refractivity contribution in [3.05, 3.63) is 0 Å². The number of ether oxygens (including phenoxy) is 1. The first-order valence-electron chi connectivity index (χ1n) is 5.22. The molecule has 3 nitrogen and oxygen atoms in total. The van der Waals surface area contributed by atoms with Gasteiger partial charge >= 0.3 is 5.97 Å². The fraction of sp³-hybridized carbons (Fsp3) is 0.900. The minimum atomic E-state index is -0.0709. The van der Waals surface area contributed by atoms with Crippen molar-refractivity contribution in [2.75, 3.05) is 32.0 Å². The molecule has 0 aromatic rings. The monoisotopic (exact) mass is 217 g/mol. The van der Waals surface area contributed by atoms with Crippen LogP contribution in [0.1, 0.15) is 20.3 Å². The summed E-state index contributed by atoms with van der Waals surface area (Å²) in [4.78, 5) is 13.5. The normalized spacial score (nSPS) is 23.4. The third kappa shape index (κ3) is 4.33. The van der Waals surface area contributed by atoms with E-state index in [-0.39, 0.29) is 5.97 Å². The molecule has 1 aliphatic rings. The standard InChI is InChI=1S/C10H19NO2S/c1-3-13-10(12)4-5-11-6-7-14-9(2)8-11/h9H,3-8H2,1-2H3. The van der Waals surface area contributed by atoms with Gasteiger partial charge in [-0.15, -0.1) is 0 Å². The lowest BCUT2D eigenvalue weighted by atomic mass is 10.3. The van der Waals surface area contributed by atoms with Gasteiger partial charge in [0.05, 0.1) is 13.0 Å². The second-order valence-electron chi connectivity index (χ2n) is 3.54. The van der Waals surface area contributed by atoms with E-state index in [9.17, 15) is 4.79 Å². The van der Waals surface area contributed by atoms with Crippen molar-refractivity contribution in [2.45, 2.75) is 25.5 Å². The first kappa shape index (κ1) is 11.9. The highest BCUT2D eigenvalue weighted by atomic mass is 32.2. The van der Waals surface area contributed by atoms with Gasteiger partial charge in [0.1, 0.15) is 0 Å². The van der Waals surface area contributed by atoms with Crippen molar-refractivity contribution in [1.82, 2.24) is 4.90 Å². The molecule has 1 unspecified atom stereocenters. The van der Waals surface area contributed by atoms with E-state index in [0.717, 1.165) is 19.6 Å². The molecule has 0 aromatic carbocycles. The molecule has 0 spiro atoms. The van der Waals surface area contributed by atoms with E-state index in [1.54, 1.807) is 0 Å². The summed E-state index contributed by atoms with van der Waals surface area (Å²) in [6.07, 6.45) is 0.533. The molecule has 0 bridgehead atoms. The number of esters is 1. The van der Waals surface area contributed by atoms with Crippen LogP contribution in [0.25, 0.3) is 0 Å². The zero-order valence-electron chi connectivity index (χ0n) is 8.99. The molecule has 14 heavy (non-hydrogen) atoms. The molecule has 1 heterocycles. The molecule has 0 aromatic heterocycles. The predicted octanol–water partition coefficient (Wildman–Crippen LogP) is 1.38. The van der Waals surface area contributed by atoms with E-state index in [0.29, 0.717) is 18.3 Å². The van der Waals surface area contributed by atoms with Crippen molar-refractivity contribution >= 4 is 17.7 Å². The van der Waals surface area contributed by atoms with E-state index in [2.05, 4.69) is 11.8 Å². The van der Waals surface area contributed by atoms with Crippen LogP contribution in [-0.2, 0) is 9.53 Å². The molecule has 0 aliphatic carbocycles. The number of hydrogen-bond donors (Lipinski definition) is 0. The summed E-state index contributed by atoms with van der Waals surface area (Å²) >= 11 is 2.01. The number of carbonyl (C=O) groups is 1. The Morgan fingerprint density at radius 1 is 1.64 bits per heavy atom. The summed E-state index contributed by atoms with van der Waals surface area (Å²) in [7, 11) is 0. The van der Waals surface area contributed by atoms with Crippen LogP contribution in [0.4, 0.5) is 0 Å². The molecule has 82 valence electrons. The van der Waals surface area contributed by atoms with Gasteiger partial charge in [0, 0.05) is 30.6 Å². The van der Waals surface area contributed by atoms with E-state index in [1.807, 2.05) is 18.7 Å². The van der Waals surface area contributed by atoms with Gasteiger partial charge in [0.25, 0.3) is 0 Å². The second kappa shape index (κ2) is 6.30. The van der Waals surface area contributed by atoms with Crippen molar-refractivity contribution in [3.63, 3.8) is 0 Å². The van der Waals surface area contributed by atoms with Crippen LogP contribution in [0, 0.1) is 0 Å². The van der Waals surface area contributed by atoms with E-state index < -0.39 is 0 Å². The average molecular weight is 217 g/mol. The third-order valence-corrected chi connectivity index (χ3v) is 3.40. The highest BCUT2D eigenvalue weighted by Crippen LogP contribution is 2.17. The minimum absolute atomic E-state index is 0.0709. The Balaban J connectivity index is 2.14. The highest BCUT2D eigenvalue weighted by molar-refractivity contribution is 7.99. The lowest BCUT2D eigenvalue weighted by Crippen LogP contribution is -2.38. The molecule has 1 atom stereocenters. The summed E-state index contributed by atoms with van der Waals surface area (Å²) in [5.74, 6) is 1.11. The van der Waals surface area contributed by atoms with Gasteiger partial charge in [-0.3, -0.25) is 4.79 Å². The summed E-state index contributed by atoms with van der Waals surface area (Å²) in [5.41, 5.74) is 0. The van der Waals surface area contributed by atoms with E-state index in [4.69, 9.17) is 4.74 Å². The Hall–Kier alpha value is -0.220. The van der Waals surface area contributed by atoms with Crippen molar-refractivity contribution in [3.8, 4) is 0 Å². The minimum Gasteiger partial charge on any atom is -0.466 e. The Kier molecular flexibility index (Phi) is 5.33. The van der Waals surface area contributed by atoms with Crippen LogP contribution in [0.3, 0.4) is 0 Å². The zero-order chi connectivity index (χ0) is 10.4. The van der Waals surface area contributed by atoms with Gasteiger partial charge in [-0.2, -0.15) is 11.8 Å². The van der Waals surface area contributed by atoms with E-state index >= 15 is 0 Å². The molecule has 4 heteroatoms. The molecule has 0 radical (unpaired) electrons. The van der Waals surface area contributed by atoms with Crippen molar-refractivity contribution < 1.29 is 9.53 Å². The SMILES string of the molecule is CCOC(=O)CCN1CCSC(C)C1. The maximum atomic E-state index is 11.1. The predicted molar refractivity (Wildman–Crippen MR) is 59.6 cm³/mol. The molecular formula is C10H19NO2S. The van der Waals surface area contributed by atoms with Crippen LogP contribution in [-0.4, -0.2) is 48.1 Å². The molecular weight excluding hydrogens is 198 g/mol. The van der Waals surface area contributed by atoms with Gasteiger partial charge in [0.15, 0.2) is 0 Å². The lowest BCUT2D eigenvalue weighted by molar-refractivity contribution is -0.143. The van der Waals surface area contributed by atoms with Gasteiger partial charge in [-0.25, -0.2) is 0 Å². The maximum Gasteiger partial charge on any atom is 0.307 e. The third-order valence-electron chi connectivity index (χ3n) is 2.26. The van der Waals surface area contributed by atoms with E-state index in [1.165, 1.54) is 5.75 Å². The molecule has 0 saturated carbocycles. The van der Waals surface area contributed by atoms with Crippen molar-refractivity contribution in [2.24, 2.45) is 0 Å². The summed E-state index contributed by atoms with van der Waals surface area (Å²) in [6.45, 7) is 7.63. The first-order valence-corrected chi connectivity index (χ1v) is 6.26. The number of hydrogen-bond acceptors (Lipinski definition) is 4. The summed E-state index contributed by atoms with van der Waals surface area (Å²) in [5, 5.41) is 0.700. The molecule has 1 fully saturated rings. The van der Waals surface area contributed by atoms with Gasteiger partial charge in [0.2, 0.25) is 0 Å². The van der Waals surface area contributed by atoms with Crippen LogP contribution in [0.5, 0.6) is 0 Å².